The maximum atomic E-state index is 13.0. The van der Waals surface area contributed by atoms with Crippen LogP contribution in [0.4, 0.5) is 0 Å². The van der Waals surface area contributed by atoms with Crippen molar-refractivity contribution >= 4 is 27.7 Å². The highest BCUT2D eigenvalue weighted by Crippen LogP contribution is 2.26. The number of amides is 2. The molecule has 1 fully saturated rings. The standard InChI is InChI=1S/C19H28BrN3O3/c1-14(2)26-17-12-15(20)6-7-16(17)19(25)23-9-5-8-22(10-11-23)13-18(24)21(3)4/h6-7,12,14H,5,8-11,13H2,1-4H3. The summed E-state index contributed by atoms with van der Waals surface area (Å²) in [5, 5.41) is 0. The quantitative estimate of drug-likeness (QED) is 0.726. The molecule has 1 saturated heterocycles. The monoisotopic (exact) mass is 425 g/mol. The minimum atomic E-state index is -0.0195. The molecule has 0 atom stereocenters. The van der Waals surface area contributed by atoms with E-state index in [4.69, 9.17) is 4.74 Å². The maximum Gasteiger partial charge on any atom is 0.257 e. The van der Waals surface area contributed by atoms with Crippen molar-refractivity contribution in [3.05, 3.63) is 28.2 Å². The molecular formula is C19H28BrN3O3. The van der Waals surface area contributed by atoms with Crippen LogP contribution in [0.25, 0.3) is 0 Å². The van der Waals surface area contributed by atoms with E-state index in [0.717, 1.165) is 17.4 Å². The fourth-order valence-electron chi connectivity index (χ4n) is 2.86. The van der Waals surface area contributed by atoms with Crippen LogP contribution in [-0.4, -0.2) is 79.4 Å². The summed E-state index contributed by atoms with van der Waals surface area (Å²) in [6, 6.07) is 5.51. The number of hydrogen-bond donors (Lipinski definition) is 0. The van der Waals surface area contributed by atoms with Gasteiger partial charge in [-0.3, -0.25) is 14.5 Å². The van der Waals surface area contributed by atoms with Crippen molar-refractivity contribution < 1.29 is 14.3 Å². The van der Waals surface area contributed by atoms with Crippen molar-refractivity contribution in [3.63, 3.8) is 0 Å². The molecule has 26 heavy (non-hydrogen) atoms. The molecule has 0 aromatic heterocycles. The van der Waals surface area contributed by atoms with E-state index in [1.54, 1.807) is 19.0 Å². The van der Waals surface area contributed by atoms with Crippen LogP contribution in [0.5, 0.6) is 5.75 Å². The Hall–Kier alpha value is -1.60. The molecule has 1 aromatic rings. The van der Waals surface area contributed by atoms with Gasteiger partial charge in [0.05, 0.1) is 18.2 Å². The summed E-state index contributed by atoms with van der Waals surface area (Å²) in [7, 11) is 3.53. The molecule has 0 N–H and O–H groups in total. The van der Waals surface area contributed by atoms with E-state index in [-0.39, 0.29) is 17.9 Å². The Morgan fingerprint density at radius 3 is 2.58 bits per heavy atom. The molecule has 6 nitrogen and oxygen atoms in total. The number of hydrogen-bond acceptors (Lipinski definition) is 4. The summed E-state index contributed by atoms with van der Waals surface area (Å²) >= 11 is 3.44. The second-order valence-electron chi connectivity index (χ2n) is 7.02. The smallest absolute Gasteiger partial charge is 0.257 e. The van der Waals surface area contributed by atoms with Crippen molar-refractivity contribution in [3.8, 4) is 5.75 Å². The molecule has 1 heterocycles. The van der Waals surface area contributed by atoms with Gasteiger partial charge in [-0.2, -0.15) is 0 Å². The zero-order valence-corrected chi connectivity index (χ0v) is 17.6. The molecular weight excluding hydrogens is 398 g/mol. The van der Waals surface area contributed by atoms with Gasteiger partial charge < -0.3 is 14.5 Å². The molecule has 7 heteroatoms. The minimum Gasteiger partial charge on any atom is -0.490 e. The predicted molar refractivity (Wildman–Crippen MR) is 106 cm³/mol. The molecule has 144 valence electrons. The lowest BCUT2D eigenvalue weighted by Crippen LogP contribution is -2.39. The van der Waals surface area contributed by atoms with Gasteiger partial charge in [0.1, 0.15) is 5.75 Å². The van der Waals surface area contributed by atoms with E-state index in [1.165, 1.54) is 0 Å². The van der Waals surface area contributed by atoms with Gasteiger partial charge in [0.15, 0.2) is 0 Å². The molecule has 1 aliphatic heterocycles. The van der Waals surface area contributed by atoms with E-state index in [2.05, 4.69) is 20.8 Å². The third-order valence-electron chi connectivity index (χ3n) is 4.27. The van der Waals surface area contributed by atoms with E-state index < -0.39 is 0 Å². The lowest BCUT2D eigenvalue weighted by Gasteiger charge is -2.24. The van der Waals surface area contributed by atoms with Crippen LogP contribution in [0.15, 0.2) is 22.7 Å². The molecule has 1 aromatic carbocycles. The Morgan fingerprint density at radius 2 is 1.92 bits per heavy atom. The van der Waals surface area contributed by atoms with E-state index >= 15 is 0 Å². The third kappa shape index (κ3) is 5.71. The molecule has 0 unspecified atom stereocenters. The number of ether oxygens (including phenoxy) is 1. The zero-order valence-electron chi connectivity index (χ0n) is 16.0. The number of nitrogens with zero attached hydrogens (tertiary/aromatic N) is 3. The normalized spacial score (nSPS) is 15.7. The van der Waals surface area contributed by atoms with Gasteiger partial charge in [-0.15, -0.1) is 0 Å². The summed E-state index contributed by atoms with van der Waals surface area (Å²) in [4.78, 5) is 30.5. The van der Waals surface area contributed by atoms with E-state index in [9.17, 15) is 9.59 Å². The van der Waals surface area contributed by atoms with Gasteiger partial charge in [-0.1, -0.05) is 15.9 Å². The van der Waals surface area contributed by atoms with Crippen LogP contribution in [0.2, 0.25) is 0 Å². The highest BCUT2D eigenvalue weighted by molar-refractivity contribution is 9.10. The molecule has 2 rings (SSSR count). The van der Waals surface area contributed by atoms with Gasteiger partial charge >= 0.3 is 0 Å². The maximum absolute atomic E-state index is 13.0. The summed E-state index contributed by atoms with van der Waals surface area (Å²) in [5.41, 5.74) is 0.583. The Morgan fingerprint density at radius 1 is 1.19 bits per heavy atom. The molecule has 0 spiro atoms. The fraction of sp³-hybridized carbons (Fsp3) is 0.579. The van der Waals surface area contributed by atoms with Gasteiger partial charge in [0.25, 0.3) is 5.91 Å². The molecule has 1 aliphatic rings. The van der Waals surface area contributed by atoms with Crippen molar-refractivity contribution in [2.45, 2.75) is 26.4 Å². The van der Waals surface area contributed by atoms with Crippen molar-refractivity contribution in [2.24, 2.45) is 0 Å². The second-order valence-corrected chi connectivity index (χ2v) is 7.93. The van der Waals surface area contributed by atoms with E-state index in [1.807, 2.05) is 36.9 Å². The fourth-order valence-corrected chi connectivity index (χ4v) is 3.20. The van der Waals surface area contributed by atoms with Crippen molar-refractivity contribution in [1.82, 2.24) is 14.7 Å². The lowest BCUT2D eigenvalue weighted by atomic mass is 10.1. The average molecular weight is 426 g/mol. The Balaban J connectivity index is 2.07. The summed E-state index contributed by atoms with van der Waals surface area (Å²) in [5.74, 6) is 0.669. The first-order valence-corrected chi connectivity index (χ1v) is 9.75. The number of likely N-dealkylation sites (N-methyl/N-ethyl adjacent to an activating group) is 1. The van der Waals surface area contributed by atoms with Crippen LogP contribution >= 0.6 is 15.9 Å². The van der Waals surface area contributed by atoms with Gasteiger partial charge in [0, 0.05) is 44.7 Å². The first-order valence-electron chi connectivity index (χ1n) is 8.96. The first-order chi connectivity index (χ1) is 12.3. The summed E-state index contributed by atoms with van der Waals surface area (Å²) in [6.45, 7) is 7.09. The Kier molecular flexibility index (Phi) is 7.46. The highest BCUT2D eigenvalue weighted by Gasteiger charge is 2.24. The lowest BCUT2D eigenvalue weighted by molar-refractivity contribution is -0.129. The average Bonchev–Trinajstić information content (AvgIpc) is 2.79. The van der Waals surface area contributed by atoms with Crippen molar-refractivity contribution in [1.29, 1.82) is 0 Å². The minimum absolute atomic E-state index is 0.00692. The Labute approximate surface area is 164 Å². The SMILES string of the molecule is CC(C)Oc1cc(Br)ccc1C(=O)N1CCCN(CC(=O)N(C)C)CC1. The highest BCUT2D eigenvalue weighted by atomic mass is 79.9. The summed E-state index contributed by atoms with van der Waals surface area (Å²) in [6.07, 6.45) is 0.844. The van der Waals surface area contributed by atoms with E-state index in [0.29, 0.717) is 37.5 Å². The molecule has 0 saturated carbocycles. The number of carbonyl (C=O) groups excluding carboxylic acids is 2. The number of carbonyl (C=O) groups is 2. The van der Waals surface area contributed by atoms with Crippen molar-refractivity contribution in [2.75, 3.05) is 46.8 Å². The third-order valence-corrected chi connectivity index (χ3v) is 4.76. The van der Waals surface area contributed by atoms with Gasteiger partial charge in [-0.25, -0.2) is 0 Å². The summed E-state index contributed by atoms with van der Waals surface area (Å²) < 4.78 is 6.71. The van der Waals surface area contributed by atoms with Crippen LogP contribution in [-0.2, 0) is 4.79 Å². The molecule has 0 radical (unpaired) electrons. The molecule has 0 bridgehead atoms. The predicted octanol–water partition coefficient (Wildman–Crippen LogP) is 2.47. The molecule has 0 aliphatic carbocycles. The van der Waals surface area contributed by atoms with Crippen LogP contribution in [0, 0.1) is 0 Å². The number of benzene rings is 1. The number of halogens is 1. The number of rotatable bonds is 5. The first kappa shape index (κ1) is 20.7. The van der Waals surface area contributed by atoms with Crippen LogP contribution in [0.1, 0.15) is 30.6 Å². The van der Waals surface area contributed by atoms with Crippen LogP contribution in [0.3, 0.4) is 0 Å². The van der Waals surface area contributed by atoms with Gasteiger partial charge in [0.2, 0.25) is 5.91 Å². The zero-order chi connectivity index (χ0) is 19.3. The topological polar surface area (TPSA) is 53.1 Å². The van der Waals surface area contributed by atoms with Gasteiger partial charge in [-0.05, 0) is 38.5 Å². The second kappa shape index (κ2) is 9.37. The largest absolute Gasteiger partial charge is 0.490 e. The molecule has 2 amide bonds. The van der Waals surface area contributed by atoms with Crippen LogP contribution < -0.4 is 4.74 Å². The Bertz CT molecular complexity index is 649.